The summed E-state index contributed by atoms with van der Waals surface area (Å²) in [5.74, 6) is 6.35. The SMILES string of the molecule is CCN(CC)CC#CCn1nc(C)cc1C. The highest BCUT2D eigenvalue weighted by molar-refractivity contribution is 5.09. The molecule has 0 aliphatic heterocycles. The van der Waals surface area contributed by atoms with E-state index >= 15 is 0 Å². The van der Waals surface area contributed by atoms with Crippen molar-refractivity contribution in [3.8, 4) is 11.8 Å². The minimum absolute atomic E-state index is 0.695. The molecule has 0 unspecified atom stereocenters. The first kappa shape index (κ1) is 12.8. The second-order valence-electron chi connectivity index (χ2n) is 3.90. The Morgan fingerprint density at radius 3 is 2.44 bits per heavy atom. The summed E-state index contributed by atoms with van der Waals surface area (Å²) in [4.78, 5) is 2.30. The highest BCUT2D eigenvalue weighted by Gasteiger charge is 1.97. The molecule has 0 saturated heterocycles. The summed E-state index contributed by atoms with van der Waals surface area (Å²) in [5.41, 5.74) is 2.23. The summed E-state index contributed by atoms with van der Waals surface area (Å²) >= 11 is 0. The molecule has 0 radical (unpaired) electrons. The van der Waals surface area contributed by atoms with Gasteiger partial charge in [-0.05, 0) is 33.0 Å². The third kappa shape index (κ3) is 3.71. The van der Waals surface area contributed by atoms with Crippen LogP contribution in [0.2, 0.25) is 0 Å². The summed E-state index contributed by atoms with van der Waals surface area (Å²) in [6.07, 6.45) is 0. The van der Waals surface area contributed by atoms with Gasteiger partial charge >= 0.3 is 0 Å². The summed E-state index contributed by atoms with van der Waals surface area (Å²) in [6.45, 7) is 12.1. The van der Waals surface area contributed by atoms with E-state index in [2.05, 4.69) is 48.7 Å². The fourth-order valence-corrected chi connectivity index (χ4v) is 1.58. The first-order chi connectivity index (χ1) is 7.67. The maximum absolute atomic E-state index is 4.37. The number of aryl methyl sites for hydroxylation is 2. The molecule has 0 amide bonds. The van der Waals surface area contributed by atoms with Crippen LogP contribution in [0.25, 0.3) is 0 Å². The fourth-order valence-electron chi connectivity index (χ4n) is 1.58. The third-order valence-corrected chi connectivity index (χ3v) is 2.65. The monoisotopic (exact) mass is 219 g/mol. The Morgan fingerprint density at radius 1 is 1.25 bits per heavy atom. The second kappa shape index (κ2) is 6.34. The van der Waals surface area contributed by atoms with Gasteiger partial charge in [0.25, 0.3) is 0 Å². The molecule has 0 saturated carbocycles. The molecular formula is C13H21N3. The number of nitrogens with zero attached hydrogens (tertiary/aromatic N) is 3. The van der Waals surface area contributed by atoms with Crippen LogP contribution >= 0.6 is 0 Å². The van der Waals surface area contributed by atoms with Crippen LogP contribution in [0.4, 0.5) is 0 Å². The van der Waals surface area contributed by atoms with Crippen LogP contribution in [-0.4, -0.2) is 34.3 Å². The molecular weight excluding hydrogens is 198 g/mol. The predicted octanol–water partition coefficient (Wildman–Crippen LogP) is 1.85. The van der Waals surface area contributed by atoms with E-state index < -0.39 is 0 Å². The van der Waals surface area contributed by atoms with E-state index in [0.29, 0.717) is 6.54 Å². The topological polar surface area (TPSA) is 21.1 Å². The Balaban J connectivity index is 2.45. The van der Waals surface area contributed by atoms with Gasteiger partial charge in [0.15, 0.2) is 0 Å². The molecule has 1 heterocycles. The molecule has 0 aliphatic carbocycles. The normalized spacial score (nSPS) is 10.3. The van der Waals surface area contributed by atoms with Crippen molar-refractivity contribution in [2.75, 3.05) is 19.6 Å². The van der Waals surface area contributed by atoms with Gasteiger partial charge < -0.3 is 0 Å². The fraction of sp³-hybridized carbons (Fsp3) is 0.615. The van der Waals surface area contributed by atoms with Crippen LogP contribution in [0, 0.1) is 25.7 Å². The minimum atomic E-state index is 0.695. The van der Waals surface area contributed by atoms with E-state index in [0.717, 1.165) is 25.3 Å². The Morgan fingerprint density at radius 2 is 1.94 bits per heavy atom. The van der Waals surface area contributed by atoms with Crippen LogP contribution < -0.4 is 0 Å². The molecule has 3 nitrogen and oxygen atoms in total. The van der Waals surface area contributed by atoms with Crippen molar-refractivity contribution in [3.05, 3.63) is 17.5 Å². The Labute approximate surface area is 98.4 Å². The molecule has 0 aliphatic rings. The van der Waals surface area contributed by atoms with Gasteiger partial charge in [-0.1, -0.05) is 25.7 Å². The molecule has 0 aromatic carbocycles. The summed E-state index contributed by atoms with van der Waals surface area (Å²) in [5, 5.41) is 4.37. The highest BCUT2D eigenvalue weighted by atomic mass is 15.3. The van der Waals surface area contributed by atoms with Crippen molar-refractivity contribution in [2.45, 2.75) is 34.2 Å². The van der Waals surface area contributed by atoms with Crippen LogP contribution in [0.15, 0.2) is 6.07 Å². The average Bonchev–Trinajstić information content (AvgIpc) is 2.58. The van der Waals surface area contributed by atoms with Crippen molar-refractivity contribution in [3.63, 3.8) is 0 Å². The van der Waals surface area contributed by atoms with Gasteiger partial charge in [-0.15, -0.1) is 0 Å². The van der Waals surface area contributed by atoms with Crippen molar-refractivity contribution < 1.29 is 0 Å². The lowest BCUT2D eigenvalue weighted by Crippen LogP contribution is -2.22. The van der Waals surface area contributed by atoms with Crippen molar-refractivity contribution >= 4 is 0 Å². The van der Waals surface area contributed by atoms with Crippen LogP contribution in [0.5, 0.6) is 0 Å². The smallest absolute Gasteiger partial charge is 0.102 e. The zero-order valence-electron chi connectivity index (χ0n) is 10.7. The molecule has 1 aromatic rings. The molecule has 3 heteroatoms. The average molecular weight is 219 g/mol. The van der Waals surface area contributed by atoms with Crippen molar-refractivity contribution in [2.24, 2.45) is 0 Å². The van der Waals surface area contributed by atoms with Gasteiger partial charge in [-0.3, -0.25) is 9.58 Å². The molecule has 16 heavy (non-hydrogen) atoms. The van der Waals surface area contributed by atoms with Gasteiger partial charge in [0.05, 0.1) is 12.2 Å². The Hall–Kier alpha value is -1.27. The van der Waals surface area contributed by atoms with Gasteiger partial charge in [0, 0.05) is 5.69 Å². The molecule has 0 bridgehead atoms. The summed E-state index contributed by atoms with van der Waals surface area (Å²) in [6, 6.07) is 2.08. The van der Waals surface area contributed by atoms with E-state index in [1.54, 1.807) is 0 Å². The second-order valence-corrected chi connectivity index (χ2v) is 3.90. The molecule has 1 rings (SSSR count). The van der Waals surface area contributed by atoms with E-state index in [1.807, 2.05) is 11.6 Å². The number of aromatic nitrogens is 2. The van der Waals surface area contributed by atoms with Crippen LogP contribution in [0.1, 0.15) is 25.2 Å². The highest BCUT2D eigenvalue weighted by Crippen LogP contribution is 2.00. The molecule has 0 atom stereocenters. The summed E-state index contributed by atoms with van der Waals surface area (Å²) < 4.78 is 1.95. The maximum atomic E-state index is 4.37. The summed E-state index contributed by atoms with van der Waals surface area (Å²) in [7, 11) is 0. The standard InChI is InChI=1S/C13H21N3/c1-5-15(6-2)9-7-8-10-16-13(4)11-12(3)14-16/h11H,5-6,9-10H2,1-4H3. The van der Waals surface area contributed by atoms with Crippen molar-refractivity contribution in [1.82, 2.24) is 14.7 Å². The largest absolute Gasteiger partial charge is 0.293 e. The quantitative estimate of drug-likeness (QED) is 0.721. The lowest BCUT2D eigenvalue weighted by atomic mass is 10.4. The maximum Gasteiger partial charge on any atom is 0.102 e. The first-order valence-electron chi connectivity index (χ1n) is 5.86. The Kier molecular flexibility index (Phi) is 5.07. The third-order valence-electron chi connectivity index (χ3n) is 2.65. The first-order valence-corrected chi connectivity index (χ1v) is 5.86. The van der Waals surface area contributed by atoms with E-state index in [4.69, 9.17) is 0 Å². The minimum Gasteiger partial charge on any atom is -0.293 e. The van der Waals surface area contributed by atoms with Gasteiger partial charge in [-0.2, -0.15) is 5.10 Å². The van der Waals surface area contributed by atoms with E-state index in [1.165, 1.54) is 5.69 Å². The predicted molar refractivity (Wildman–Crippen MR) is 67.3 cm³/mol. The molecule has 1 aromatic heterocycles. The lowest BCUT2D eigenvalue weighted by molar-refractivity contribution is 0.342. The molecule has 0 spiro atoms. The zero-order chi connectivity index (χ0) is 12.0. The number of hydrogen-bond donors (Lipinski definition) is 0. The van der Waals surface area contributed by atoms with E-state index in [-0.39, 0.29) is 0 Å². The molecule has 0 N–H and O–H groups in total. The van der Waals surface area contributed by atoms with Crippen LogP contribution in [-0.2, 0) is 6.54 Å². The Bertz CT molecular complexity index is 378. The van der Waals surface area contributed by atoms with Crippen LogP contribution in [0.3, 0.4) is 0 Å². The van der Waals surface area contributed by atoms with Crippen molar-refractivity contribution in [1.29, 1.82) is 0 Å². The van der Waals surface area contributed by atoms with Gasteiger partial charge in [0.1, 0.15) is 6.54 Å². The number of hydrogen-bond acceptors (Lipinski definition) is 2. The zero-order valence-corrected chi connectivity index (χ0v) is 10.7. The number of rotatable bonds is 4. The van der Waals surface area contributed by atoms with E-state index in [9.17, 15) is 0 Å². The lowest BCUT2D eigenvalue weighted by Gasteiger charge is -2.13. The molecule has 0 fully saturated rings. The molecule has 88 valence electrons. The van der Waals surface area contributed by atoms with Gasteiger partial charge in [-0.25, -0.2) is 0 Å². The van der Waals surface area contributed by atoms with Gasteiger partial charge in [0.2, 0.25) is 0 Å².